The summed E-state index contributed by atoms with van der Waals surface area (Å²) < 4.78 is 10.3. The fraction of sp³-hybridized carbons (Fsp3) is 0.417. The number of benzene rings is 1. The number of carboxylic acid groups (broad SMARTS) is 1. The first-order chi connectivity index (χ1) is 8.15. The van der Waals surface area contributed by atoms with Crippen LogP contribution in [0.2, 0.25) is 5.02 Å². The Kier molecular flexibility index (Phi) is 5.97. The van der Waals surface area contributed by atoms with Crippen LogP contribution < -0.4 is 0 Å². The molecule has 1 N–H and O–H groups in total. The molecule has 94 valence electrons. The Labute approximate surface area is 105 Å². The van der Waals surface area contributed by atoms with Crippen molar-refractivity contribution >= 4 is 17.6 Å². The van der Waals surface area contributed by atoms with E-state index in [1.807, 2.05) is 0 Å². The molecular formula is C12H15ClO4. The molecule has 17 heavy (non-hydrogen) atoms. The SMILES string of the molecule is COCCCOCc1ccc(C(=O)O)cc1Cl. The number of hydrogen-bond donors (Lipinski definition) is 1. The van der Waals surface area contributed by atoms with Gasteiger partial charge >= 0.3 is 5.97 Å². The van der Waals surface area contributed by atoms with Crippen LogP contribution in [0.3, 0.4) is 0 Å². The Morgan fingerprint density at radius 1 is 1.41 bits per heavy atom. The number of aromatic carboxylic acids is 1. The van der Waals surface area contributed by atoms with Crippen molar-refractivity contribution in [3.05, 3.63) is 34.3 Å². The first-order valence-corrected chi connectivity index (χ1v) is 5.61. The molecule has 0 fully saturated rings. The van der Waals surface area contributed by atoms with Crippen LogP contribution in [0.25, 0.3) is 0 Å². The highest BCUT2D eigenvalue weighted by Crippen LogP contribution is 2.18. The Hall–Kier alpha value is -1.10. The van der Waals surface area contributed by atoms with Gasteiger partial charge in [-0.3, -0.25) is 0 Å². The van der Waals surface area contributed by atoms with Gasteiger partial charge in [0.05, 0.1) is 12.2 Å². The van der Waals surface area contributed by atoms with Crippen molar-refractivity contribution in [2.75, 3.05) is 20.3 Å². The van der Waals surface area contributed by atoms with Crippen molar-refractivity contribution in [1.29, 1.82) is 0 Å². The summed E-state index contributed by atoms with van der Waals surface area (Å²) in [6, 6.07) is 4.61. The highest BCUT2D eigenvalue weighted by atomic mass is 35.5. The molecule has 0 saturated heterocycles. The lowest BCUT2D eigenvalue weighted by molar-refractivity contribution is 0.0696. The molecule has 1 aromatic rings. The average molecular weight is 259 g/mol. The molecule has 0 unspecified atom stereocenters. The number of ether oxygens (including phenoxy) is 2. The zero-order valence-electron chi connectivity index (χ0n) is 9.61. The van der Waals surface area contributed by atoms with E-state index >= 15 is 0 Å². The third-order valence-electron chi connectivity index (χ3n) is 2.19. The maximum atomic E-state index is 10.7. The first-order valence-electron chi connectivity index (χ1n) is 5.23. The first kappa shape index (κ1) is 14.0. The summed E-state index contributed by atoms with van der Waals surface area (Å²) in [4.78, 5) is 10.7. The van der Waals surface area contributed by atoms with Crippen LogP contribution in [-0.4, -0.2) is 31.4 Å². The lowest BCUT2D eigenvalue weighted by Crippen LogP contribution is -2.01. The lowest BCUT2D eigenvalue weighted by Gasteiger charge is -2.06. The zero-order valence-corrected chi connectivity index (χ0v) is 10.4. The minimum absolute atomic E-state index is 0.179. The predicted molar refractivity (Wildman–Crippen MR) is 64.6 cm³/mol. The van der Waals surface area contributed by atoms with Crippen molar-refractivity contribution in [2.45, 2.75) is 13.0 Å². The molecule has 1 aromatic carbocycles. The molecular weight excluding hydrogens is 244 g/mol. The molecule has 0 bridgehead atoms. The molecule has 0 aliphatic heterocycles. The van der Waals surface area contributed by atoms with Crippen molar-refractivity contribution in [3.8, 4) is 0 Å². The van der Waals surface area contributed by atoms with Gasteiger partial charge in [-0.25, -0.2) is 4.79 Å². The second kappa shape index (κ2) is 7.27. The van der Waals surface area contributed by atoms with Gasteiger partial charge < -0.3 is 14.6 Å². The van der Waals surface area contributed by atoms with E-state index in [4.69, 9.17) is 26.2 Å². The molecule has 0 radical (unpaired) electrons. The molecule has 0 amide bonds. The smallest absolute Gasteiger partial charge is 0.335 e. The van der Waals surface area contributed by atoms with Crippen molar-refractivity contribution in [3.63, 3.8) is 0 Å². The molecule has 0 spiro atoms. The van der Waals surface area contributed by atoms with Gasteiger partial charge in [-0.1, -0.05) is 17.7 Å². The van der Waals surface area contributed by atoms with Crippen LogP contribution in [0.5, 0.6) is 0 Å². The van der Waals surface area contributed by atoms with E-state index in [0.717, 1.165) is 12.0 Å². The largest absolute Gasteiger partial charge is 0.478 e. The van der Waals surface area contributed by atoms with E-state index in [1.54, 1.807) is 13.2 Å². The van der Waals surface area contributed by atoms with Gasteiger partial charge in [0.1, 0.15) is 0 Å². The number of hydrogen-bond acceptors (Lipinski definition) is 3. The third-order valence-corrected chi connectivity index (χ3v) is 2.55. The number of carbonyl (C=O) groups is 1. The maximum Gasteiger partial charge on any atom is 0.335 e. The molecule has 0 saturated carbocycles. The molecule has 0 aliphatic carbocycles. The van der Waals surface area contributed by atoms with E-state index < -0.39 is 5.97 Å². The van der Waals surface area contributed by atoms with Crippen LogP contribution in [0, 0.1) is 0 Å². The topological polar surface area (TPSA) is 55.8 Å². The molecule has 0 aromatic heterocycles. The second-order valence-corrected chi connectivity index (χ2v) is 3.92. The summed E-state index contributed by atoms with van der Waals surface area (Å²) in [5.41, 5.74) is 0.965. The Morgan fingerprint density at radius 2 is 2.18 bits per heavy atom. The zero-order chi connectivity index (χ0) is 12.7. The van der Waals surface area contributed by atoms with Gasteiger partial charge in [0, 0.05) is 25.3 Å². The summed E-state index contributed by atoms with van der Waals surface area (Å²) >= 11 is 5.95. The second-order valence-electron chi connectivity index (χ2n) is 3.51. The van der Waals surface area contributed by atoms with E-state index in [2.05, 4.69) is 0 Å². The fourth-order valence-electron chi connectivity index (χ4n) is 1.28. The predicted octanol–water partition coefficient (Wildman–Crippen LogP) is 2.59. The number of rotatable bonds is 7. The van der Waals surface area contributed by atoms with E-state index in [-0.39, 0.29) is 5.56 Å². The summed E-state index contributed by atoms with van der Waals surface area (Å²) in [5, 5.41) is 9.18. The fourth-order valence-corrected chi connectivity index (χ4v) is 1.52. The summed E-state index contributed by atoms with van der Waals surface area (Å²) in [6.07, 6.45) is 0.821. The molecule has 4 nitrogen and oxygen atoms in total. The van der Waals surface area contributed by atoms with Crippen molar-refractivity contribution in [2.24, 2.45) is 0 Å². The standard InChI is InChI=1S/C12H15ClO4/c1-16-5-2-6-17-8-10-4-3-9(12(14)15)7-11(10)13/h3-4,7H,2,5-6,8H2,1H3,(H,14,15). The van der Waals surface area contributed by atoms with Gasteiger partial charge in [0.15, 0.2) is 0 Å². The lowest BCUT2D eigenvalue weighted by atomic mass is 10.1. The minimum atomic E-state index is -0.987. The van der Waals surface area contributed by atoms with Crippen LogP contribution in [0.1, 0.15) is 22.3 Å². The van der Waals surface area contributed by atoms with Crippen molar-refractivity contribution in [1.82, 2.24) is 0 Å². The molecule has 0 heterocycles. The Balaban J connectivity index is 2.46. The van der Waals surface area contributed by atoms with Gasteiger partial charge in [-0.05, 0) is 24.1 Å². The van der Waals surface area contributed by atoms with E-state index in [1.165, 1.54) is 12.1 Å². The van der Waals surface area contributed by atoms with Crippen LogP contribution in [0.4, 0.5) is 0 Å². The minimum Gasteiger partial charge on any atom is -0.478 e. The van der Waals surface area contributed by atoms with Crippen LogP contribution in [-0.2, 0) is 16.1 Å². The maximum absolute atomic E-state index is 10.7. The quantitative estimate of drug-likeness (QED) is 0.764. The van der Waals surface area contributed by atoms with Gasteiger partial charge in [-0.2, -0.15) is 0 Å². The number of methoxy groups -OCH3 is 1. The van der Waals surface area contributed by atoms with E-state index in [9.17, 15) is 4.79 Å². The summed E-state index contributed by atoms with van der Waals surface area (Å²) in [5.74, 6) is -0.987. The van der Waals surface area contributed by atoms with Crippen LogP contribution >= 0.6 is 11.6 Å². The van der Waals surface area contributed by atoms with Gasteiger partial charge in [0.25, 0.3) is 0 Å². The number of carboxylic acids is 1. The Morgan fingerprint density at radius 3 is 2.76 bits per heavy atom. The molecule has 5 heteroatoms. The third kappa shape index (κ3) is 4.73. The molecule has 0 aliphatic rings. The van der Waals surface area contributed by atoms with Crippen LogP contribution in [0.15, 0.2) is 18.2 Å². The average Bonchev–Trinajstić information content (AvgIpc) is 2.30. The van der Waals surface area contributed by atoms with E-state index in [0.29, 0.717) is 24.8 Å². The van der Waals surface area contributed by atoms with Crippen molar-refractivity contribution < 1.29 is 19.4 Å². The Bertz CT molecular complexity index is 379. The van der Waals surface area contributed by atoms with Gasteiger partial charge in [-0.15, -0.1) is 0 Å². The molecule has 1 rings (SSSR count). The summed E-state index contributed by atoms with van der Waals surface area (Å²) in [6.45, 7) is 1.62. The number of halogens is 1. The monoisotopic (exact) mass is 258 g/mol. The highest BCUT2D eigenvalue weighted by molar-refractivity contribution is 6.31. The normalized spacial score (nSPS) is 10.5. The summed E-state index contributed by atoms with van der Waals surface area (Å²) in [7, 11) is 1.64. The highest BCUT2D eigenvalue weighted by Gasteiger charge is 2.06. The molecule has 0 atom stereocenters. The van der Waals surface area contributed by atoms with Gasteiger partial charge in [0.2, 0.25) is 0 Å².